The summed E-state index contributed by atoms with van der Waals surface area (Å²) in [6.45, 7) is 16.4. The first-order valence-electron chi connectivity index (χ1n) is 9.71. The minimum atomic E-state index is -0.499. The van der Waals surface area contributed by atoms with E-state index in [1.54, 1.807) is 11.1 Å². The number of hydrogen-bond donors (Lipinski definition) is 0. The summed E-state index contributed by atoms with van der Waals surface area (Å²) < 4.78 is 17.4. The van der Waals surface area contributed by atoms with Gasteiger partial charge in [-0.1, -0.05) is 6.92 Å². The number of piperidine rings is 1. The second kappa shape index (κ2) is 7.95. The lowest BCUT2D eigenvalue weighted by Crippen LogP contribution is -2.58. The number of amides is 1. The van der Waals surface area contributed by atoms with Gasteiger partial charge in [0, 0.05) is 31.0 Å². The molecule has 0 saturated carbocycles. The largest absolute Gasteiger partial charge is 0.489 e. The Morgan fingerprint density at radius 1 is 1.30 bits per heavy atom. The molecule has 0 aliphatic carbocycles. The van der Waals surface area contributed by atoms with E-state index in [4.69, 9.17) is 14.2 Å². The Kier molecular flexibility index (Phi) is 6.28. The third kappa shape index (κ3) is 5.75. The van der Waals surface area contributed by atoms with Gasteiger partial charge in [-0.3, -0.25) is 0 Å². The van der Waals surface area contributed by atoms with Crippen LogP contribution in [0.3, 0.4) is 0 Å². The third-order valence-corrected chi connectivity index (χ3v) is 4.79. The normalized spacial score (nSPS) is 26.0. The highest BCUT2D eigenvalue weighted by Gasteiger charge is 2.44. The highest BCUT2D eigenvalue weighted by atomic mass is 16.6. The van der Waals surface area contributed by atoms with Crippen LogP contribution in [0.25, 0.3) is 0 Å². The molecule has 1 amide bonds. The van der Waals surface area contributed by atoms with Crippen LogP contribution in [-0.4, -0.2) is 45.9 Å². The lowest BCUT2D eigenvalue weighted by atomic mass is 9.80. The van der Waals surface area contributed by atoms with Gasteiger partial charge in [0.05, 0.1) is 12.3 Å². The van der Waals surface area contributed by atoms with E-state index in [1.807, 2.05) is 53.7 Å². The number of rotatable bonds is 4. The summed E-state index contributed by atoms with van der Waals surface area (Å²) >= 11 is 0. The summed E-state index contributed by atoms with van der Waals surface area (Å²) in [7, 11) is 0. The van der Waals surface area contributed by atoms with Crippen LogP contribution in [0.2, 0.25) is 0 Å². The average molecular weight is 379 g/mol. The molecule has 2 heterocycles. The van der Waals surface area contributed by atoms with Crippen LogP contribution in [0.5, 0.6) is 11.6 Å². The lowest BCUT2D eigenvalue weighted by Gasteiger charge is -2.47. The summed E-state index contributed by atoms with van der Waals surface area (Å²) in [5, 5.41) is 0. The van der Waals surface area contributed by atoms with Crippen molar-refractivity contribution in [3.05, 3.63) is 18.3 Å². The zero-order chi connectivity index (χ0) is 20.4. The molecule has 27 heavy (non-hydrogen) atoms. The summed E-state index contributed by atoms with van der Waals surface area (Å²) in [6, 6.07) is 3.72. The number of carbonyl (C=O) groups excluding carboxylic acids is 1. The SMILES string of the molecule is CC(C)Oc1ccc(OC2(C)C[C@H](C)N(C(=O)OC(C)(C)C)C[C@@H]2C)nc1. The molecule has 0 bridgehead atoms. The fourth-order valence-electron chi connectivity index (χ4n) is 3.29. The molecule has 0 N–H and O–H groups in total. The fourth-order valence-corrected chi connectivity index (χ4v) is 3.29. The molecular formula is C21H34N2O4. The Morgan fingerprint density at radius 2 is 1.96 bits per heavy atom. The predicted molar refractivity (Wildman–Crippen MR) is 105 cm³/mol. The number of carbonyl (C=O) groups is 1. The molecule has 1 aliphatic rings. The van der Waals surface area contributed by atoms with Crippen LogP contribution < -0.4 is 9.47 Å². The van der Waals surface area contributed by atoms with Crippen molar-refractivity contribution in [2.24, 2.45) is 5.92 Å². The molecule has 3 atom stereocenters. The maximum absolute atomic E-state index is 12.5. The summed E-state index contributed by atoms with van der Waals surface area (Å²) in [5.74, 6) is 1.43. The van der Waals surface area contributed by atoms with Crippen molar-refractivity contribution in [3.63, 3.8) is 0 Å². The first-order chi connectivity index (χ1) is 12.4. The molecule has 1 aromatic rings. The van der Waals surface area contributed by atoms with Crippen LogP contribution in [0.1, 0.15) is 61.8 Å². The quantitative estimate of drug-likeness (QED) is 0.762. The van der Waals surface area contributed by atoms with Crippen molar-refractivity contribution in [1.29, 1.82) is 0 Å². The maximum Gasteiger partial charge on any atom is 0.410 e. The molecule has 6 nitrogen and oxygen atoms in total. The second-order valence-corrected chi connectivity index (χ2v) is 9.00. The van der Waals surface area contributed by atoms with E-state index < -0.39 is 11.2 Å². The topological polar surface area (TPSA) is 60.9 Å². The third-order valence-electron chi connectivity index (χ3n) is 4.79. The molecule has 152 valence electrons. The summed E-state index contributed by atoms with van der Waals surface area (Å²) in [5.41, 5.74) is -0.910. The first kappa shape index (κ1) is 21.3. The Balaban J connectivity index is 2.05. The standard InChI is InChI=1S/C21H34N2O4/c1-14(2)25-17-9-10-18(22-12-17)26-21(8)11-16(4)23(13-15(21)3)19(24)27-20(5,6)7/h9-10,12,14-16H,11,13H2,1-8H3/t15-,16-,21?/m0/s1. The Labute approximate surface area is 163 Å². The number of aromatic nitrogens is 1. The minimum Gasteiger partial charge on any atom is -0.489 e. The van der Waals surface area contributed by atoms with Crippen molar-refractivity contribution in [3.8, 4) is 11.6 Å². The molecule has 0 radical (unpaired) electrons. The van der Waals surface area contributed by atoms with Crippen LogP contribution in [0.15, 0.2) is 18.3 Å². The number of ether oxygens (including phenoxy) is 3. The maximum atomic E-state index is 12.5. The molecule has 1 fully saturated rings. The van der Waals surface area contributed by atoms with Gasteiger partial charge in [0.15, 0.2) is 0 Å². The molecule has 0 spiro atoms. The molecule has 0 aromatic carbocycles. The minimum absolute atomic E-state index is 0.0181. The Bertz CT molecular complexity index is 639. The van der Waals surface area contributed by atoms with E-state index in [0.29, 0.717) is 18.8 Å². The molecule has 1 aromatic heterocycles. The Hall–Kier alpha value is -1.98. The van der Waals surface area contributed by atoms with E-state index >= 15 is 0 Å². The number of hydrogen-bond acceptors (Lipinski definition) is 5. The lowest BCUT2D eigenvalue weighted by molar-refractivity contribution is -0.0610. The summed E-state index contributed by atoms with van der Waals surface area (Å²) in [4.78, 5) is 18.7. The van der Waals surface area contributed by atoms with E-state index in [1.165, 1.54) is 0 Å². The number of pyridine rings is 1. The molecule has 1 saturated heterocycles. The van der Waals surface area contributed by atoms with Gasteiger partial charge in [-0.15, -0.1) is 0 Å². The monoisotopic (exact) mass is 378 g/mol. The number of nitrogens with zero attached hydrogens (tertiary/aromatic N) is 2. The highest BCUT2D eigenvalue weighted by molar-refractivity contribution is 5.68. The van der Waals surface area contributed by atoms with Gasteiger partial charge in [0.25, 0.3) is 0 Å². The zero-order valence-corrected chi connectivity index (χ0v) is 17.9. The molecule has 1 aliphatic heterocycles. The molecular weight excluding hydrogens is 344 g/mol. The smallest absolute Gasteiger partial charge is 0.410 e. The van der Waals surface area contributed by atoms with Crippen molar-refractivity contribution in [1.82, 2.24) is 9.88 Å². The molecule has 6 heteroatoms. The van der Waals surface area contributed by atoms with E-state index in [2.05, 4.69) is 18.8 Å². The van der Waals surface area contributed by atoms with Gasteiger partial charge in [-0.25, -0.2) is 9.78 Å². The van der Waals surface area contributed by atoms with Crippen LogP contribution in [-0.2, 0) is 4.74 Å². The van der Waals surface area contributed by atoms with Gasteiger partial charge in [0.1, 0.15) is 17.0 Å². The number of likely N-dealkylation sites (tertiary alicyclic amines) is 1. The fraction of sp³-hybridized carbons (Fsp3) is 0.714. The van der Waals surface area contributed by atoms with Crippen LogP contribution in [0, 0.1) is 5.92 Å². The molecule has 2 rings (SSSR count). The highest BCUT2D eigenvalue weighted by Crippen LogP contribution is 2.36. The molecule has 1 unspecified atom stereocenters. The van der Waals surface area contributed by atoms with Crippen molar-refractivity contribution >= 4 is 6.09 Å². The van der Waals surface area contributed by atoms with Gasteiger partial charge in [0.2, 0.25) is 5.88 Å². The Morgan fingerprint density at radius 3 is 2.48 bits per heavy atom. The zero-order valence-electron chi connectivity index (χ0n) is 17.9. The predicted octanol–water partition coefficient (Wildman–Crippen LogP) is 4.67. The average Bonchev–Trinajstić information content (AvgIpc) is 2.50. The van der Waals surface area contributed by atoms with E-state index in [0.717, 1.165) is 5.75 Å². The van der Waals surface area contributed by atoms with Gasteiger partial charge in [-0.2, -0.15) is 0 Å². The van der Waals surface area contributed by atoms with Crippen LogP contribution >= 0.6 is 0 Å². The van der Waals surface area contributed by atoms with Gasteiger partial charge in [-0.05, 0) is 54.5 Å². The van der Waals surface area contributed by atoms with Crippen molar-refractivity contribution < 1.29 is 19.0 Å². The summed E-state index contributed by atoms with van der Waals surface area (Å²) in [6.07, 6.45) is 2.23. The van der Waals surface area contributed by atoms with Crippen molar-refractivity contribution in [2.75, 3.05) is 6.54 Å². The second-order valence-electron chi connectivity index (χ2n) is 9.00. The van der Waals surface area contributed by atoms with E-state index in [9.17, 15) is 4.79 Å². The van der Waals surface area contributed by atoms with Gasteiger partial charge < -0.3 is 19.1 Å². The van der Waals surface area contributed by atoms with E-state index in [-0.39, 0.29) is 24.2 Å². The van der Waals surface area contributed by atoms with Crippen molar-refractivity contribution in [2.45, 2.75) is 85.2 Å². The van der Waals surface area contributed by atoms with Crippen LogP contribution in [0.4, 0.5) is 4.79 Å². The first-order valence-corrected chi connectivity index (χ1v) is 9.71. The van der Waals surface area contributed by atoms with Gasteiger partial charge >= 0.3 is 6.09 Å².